The number of hydrogen-bond donors (Lipinski definition) is 1. The van der Waals surface area contributed by atoms with Crippen molar-refractivity contribution in [2.75, 3.05) is 36.8 Å². The zero-order valence-corrected chi connectivity index (χ0v) is 19.7. The predicted molar refractivity (Wildman–Crippen MR) is 125 cm³/mol. The van der Waals surface area contributed by atoms with Crippen LogP contribution in [0.2, 0.25) is 0 Å². The van der Waals surface area contributed by atoms with Crippen molar-refractivity contribution >= 4 is 40.0 Å². The van der Waals surface area contributed by atoms with Crippen molar-refractivity contribution in [1.29, 1.82) is 0 Å². The van der Waals surface area contributed by atoms with Crippen LogP contribution in [0.1, 0.15) is 47.2 Å². The van der Waals surface area contributed by atoms with Gasteiger partial charge in [0.05, 0.1) is 5.75 Å². The summed E-state index contributed by atoms with van der Waals surface area (Å²) in [6.07, 6.45) is 4.61. The fourth-order valence-corrected chi connectivity index (χ4v) is 5.94. The van der Waals surface area contributed by atoms with Gasteiger partial charge in [-0.3, -0.25) is 9.59 Å². The Hall–Kier alpha value is -2.13. The van der Waals surface area contributed by atoms with Crippen LogP contribution in [0, 0.1) is 13.8 Å². The highest BCUT2D eigenvalue weighted by atomic mass is 32.2. The summed E-state index contributed by atoms with van der Waals surface area (Å²) in [5.41, 5.74) is 2.98. The summed E-state index contributed by atoms with van der Waals surface area (Å²) in [6.45, 7) is 6.83. The Balaban J connectivity index is 1.26. The topological polar surface area (TPSA) is 78.4 Å². The molecule has 0 atom stereocenters. The largest absolute Gasteiger partial charge is 0.353 e. The second-order valence-corrected chi connectivity index (χ2v) is 10.5. The Morgan fingerprint density at radius 1 is 1.06 bits per heavy atom. The molecule has 31 heavy (non-hydrogen) atoms. The van der Waals surface area contributed by atoms with E-state index in [0.29, 0.717) is 24.9 Å². The van der Waals surface area contributed by atoms with Gasteiger partial charge in [-0.15, -0.1) is 10.2 Å². The fourth-order valence-electron chi connectivity index (χ4n) is 4.24. The van der Waals surface area contributed by atoms with Gasteiger partial charge in [0, 0.05) is 37.8 Å². The first-order valence-electron chi connectivity index (χ1n) is 10.9. The summed E-state index contributed by atoms with van der Waals surface area (Å²) in [6, 6.07) is 6.34. The standard InChI is InChI=1S/C22H29N5O2S2/c1-15-11-16(2)13-17(12-15)20(29)26-7-9-27(10-8-26)21-24-25-22(31-21)30-14-19(28)23-18-5-3-4-6-18/h11-13,18H,3-10,14H2,1-2H3,(H,23,28). The van der Waals surface area contributed by atoms with Gasteiger partial charge in [0.1, 0.15) is 0 Å². The van der Waals surface area contributed by atoms with Gasteiger partial charge in [-0.05, 0) is 38.8 Å². The smallest absolute Gasteiger partial charge is 0.253 e. The number of amides is 2. The lowest BCUT2D eigenvalue weighted by atomic mass is 10.1. The number of aromatic nitrogens is 2. The number of nitrogens with zero attached hydrogens (tertiary/aromatic N) is 4. The molecule has 0 radical (unpaired) electrons. The summed E-state index contributed by atoms with van der Waals surface area (Å²) in [5.74, 6) is 0.545. The van der Waals surface area contributed by atoms with Crippen molar-refractivity contribution in [3.8, 4) is 0 Å². The third kappa shape index (κ3) is 5.77. The summed E-state index contributed by atoms with van der Waals surface area (Å²) >= 11 is 2.96. The van der Waals surface area contributed by atoms with Gasteiger partial charge in [-0.2, -0.15) is 0 Å². The SMILES string of the molecule is Cc1cc(C)cc(C(=O)N2CCN(c3nnc(SCC(=O)NC4CCCC4)s3)CC2)c1. The van der Waals surface area contributed by atoms with Gasteiger partial charge in [-0.1, -0.05) is 53.1 Å². The van der Waals surface area contributed by atoms with Crippen LogP contribution in [0.5, 0.6) is 0 Å². The van der Waals surface area contributed by atoms with Crippen LogP contribution in [0.15, 0.2) is 22.5 Å². The zero-order chi connectivity index (χ0) is 21.8. The third-order valence-corrected chi connectivity index (χ3v) is 7.87. The minimum Gasteiger partial charge on any atom is -0.353 e. The number of anilines is 1. The summed E-state index contributed by atoms with van der Waals surface area (Å²) in [4.78, 5) is 29.1. The van der Waals surface area contributed by atoms with E-state index in [1.165, 1.54) is 35.9 Å². The highest BCUT2D eigenvalue weighted by molar-refractivity contribution is 8.01. The number of thioether (sulfide) groups is 1. The van der Waals surface area contributed by atoms with Crippen molar-refractivity contribution in [3.05, 3.63) is 34.9 Å². The molecule has 0 unspecified atom stereocenters. The Morgan fingerprint density at radius 2 is 1.74 bits per heavy atom. The molecule has 0 bridgehead atoms. The first kappa shape index (κ1) is 22.1. The lowest BCUT2D eigenvalue weighted by molar-refractivity contribution is -0.119. The minimum atomic E-state index is 0.0761. The van der Waals surface area contributed by atoms with E-state index < -0.39 is 0 Å². The van der Waals surface area contributed by atoms with Crippen LogP contribution < -0.4 is 10.2 Å². The molecule has 1 N–H and O–H groups in total. The lowest BCUT2D eigenvalue weighted by Crippen LogP contribution is -2.48. The second-order valence-electron chi connectivity index (χ2n) is 8.34. The van der Waals surface area contributed by atoms with E-state index in [1.807, 2.05) is 30.9 Å². The zero-order valence-electron chi connectivity index (χ0n) is 18.1. The van der Waals surface area contributed by atoms with Crippen molar-refractivity contribution in [3.63, 3.8) is 0 Å². The molecule has 2 fully saturated rings. The predicted octanol–water partition coefficient (Wildman–Crippen LogP) is 3.27. The van der Waals surface area contributed by atoms with Crippen molar-refractivity contribution in [2.45, 2.75) is 49.9 Å². The molecule has 1 aliphatic carbocycles. The normalized spacial score (nSPS) is 17.2. The molecular weight excluding hydrogens is 430 g/mol. The molecule has 1 aromatic heterocycles. The van der Waals surface area contributed by atoms with E-state index in [9.17, 15) is 9.59 Å². The molecule has 9 heteroatoms. The van der Waals surface area contributed by atoms with Crippen molar-refractivity contribution in [1.82, 2.24) is 20.4 Å². The summed E-state index contributed by atoms with van der Waals surface area (Å²) in [7, 11) is 0. The van der Waals surface area contributed by atoms with Crippen LogP contribution in [0.25, 0.3) is 0 Å². The van der Waals surface area contributed by atoms with Crippen LogP contribution in [0.4, 0.5) is 5.13 Å². The average molecular weight is 460 g/mol. The average Bonchev–Trinajstić information content (AvgIpc) is 3.43. The molecule has 1 saturated heterocycles. The highest BCUT2D eigenvalue weighted by Crippen LogP contribution is 2.29. The molecule has 166 valence electrons. The monoisotopic (exact) mass is 459 g/mol. The van der Waals surface area contributed by atoms with E-state index in [-0.39, 0.29) is 11.8 Å². The van der Waals surface area contributed by atoms with E-state index in [0.717, 1.165) is 52.1 Å². The Labute approximate surface area is 191 Å². The number of carbonyl (C=O) groups excluding carboxylic acids is 2. The quantitative estimate of drug-likeness (QED) is 0.668. The Morgan fingerprint density at radius 3 is 2.42 bits per heavy atom. The second kappa shape index (κ2) is 9.99. The van der Waals surface area contributed by atoms with Crippen LogP contribution in [-0.4, -0.2) is 64.9 Å². The van der Waals surface area contributed by atoms with Gasteiger partial charge < -0.3 is 15.1 Å². The summed E-state index contributed by atoms with van der Waals surface area (Å²) in [5, 5.41) is 12.5. The summed E-state index contributed by atoms with van der Waals surface area (Å²) < 4.78 is 0.810. The number of piperazine rings is 1. The van der Waals surface area contributed by atoms with Gasteiger partial charge in [0.15, 0.2) is 4.34 Å². The van der Waals surface area contributed by atoms with E-state index in [2.05, 4.69) is 26.5 Å². The first-order valence-corrected chi connectivity index (χ1v) is 12.7. The van der Waals surface area contributed by atoms with Crippen LogP contribution >= 0.6 is 23.1 Å². The molecule has 7 nitrogen and oxygen atoms in total. The van der Waals surface area contributed by atoms with Gasteiger partial charge in [-0.25, -0.2) is 0 Å². The third-order valence-electron chi connectivity index (χ3n) is 5.75. The van der Waals surface area contributed by atoms with E-state index in [4.69, 9.17) is 0 Å². The number of nitrogens with one attached hydrogen (secondary N) is 1. The fraction of sp³-hybridized carbons (Fsp3) is 0.545. The molecule has 0 spiro atoms. The molecule has 1 saturated carbocycles. The van der Waals surface area contributed by atoms with E-state index >= 15 is 0 Å². The van der Waals surface area contributed by atoms with Crippen LogP contribution in [0.3, 0.4) is 0 Å². The molecular formula is C22H29N5O2S2. The lowest BCUT2D eigenvalue weighted by Gasteiger charge is -2.34. The van der Waals surface area contributed by atoms with Gasteiger partial charge >= 0.3 is 0 Å². The molecule has 1 aromatic carbocycles. The number of aryl methyl sites for hydroxylation is 2. The Kier molecular flexibility index (Phi) is 7.12. The van der Waals surface area contributed by atoms with Crippen molar-refractivity contribution < 1.29 is 9.59 Å². The maximum atomic E-state index is 12.9. The number of carbonyl (C=O) groups is 2. The number of rotatable bonds is 6. The van der Waals surface area contributed by atoms with Crippen molar-refractivity contribution in [2.24, 2.45) is 0 Å². The Bertz CT molecular complexity index is 913. The highest BCUT2D eigenvalue weighted by Gasteiger charge is 2.25. The molecule has 4 rings (SSSR count). The van der Waals surface area contributed by atoms with Gasteiger partial charge in [0.25, 0.3) is 5.91 Å². The molecule has 2 heterocycles. The molecule has 1 aliphatic heterocycles. The molecule has 2 amide bonds. The van der Waals surface area contributed by atoms with Gasteiger partial charge in [0.2, 0.25) is 11.0 Å². The maximum Gasteiger partial charge on any atom is 0.253 e. The maximum absolute atomic E-state index is 12.9. The number of hydrogen-bond acceptors (Lipinski definition) is 7. The molecule has 2 aromatic rings. The van der Waals surface area contributed by atoms with E-state index in [1.54, 1.807) is 0 Å². The minimum absolute atomic E-state index is 0.0761. The molecule has 2 aliphatic rings. The van der Waals surface area contributed by atoms with Crippen LogP contribution in [-0.2, 0) is 4.79 Å². The first-order chi connectivity index (χ1) is 15.0. The number of benzene rings is 1.